The van der Waals surface area contributed by atoms with E-state index in [2.05, 4.69) is 5.32 Å². The Labute approximate surface area is 139 Å². The highest BCUT2D eigenvalue weighted by Crippen LogP contribution is 2.31. The summed E-state index contributed by atoms with van der Waals surface area (Å²) in [6.07, 6.45) is 1.27. The van der Waals surface area contributed by atoms with E-state index in [0.717, 1.165) is 25.0 Å². The Morgan fingerprint density at radius 2 is 2.00 bits per heavy atom. The van der Waals surface area contributed by atoms with Crippen molar-refractivity contribution in [3.05, 3.63) is 29.8 Å². The maximum absolute atomic E-state index is 12.6. The van der Waals surface area contributed by atoms with Crippen molar-refractivity contribution in [3.8, 4) is 5.75 Å². The van der Waals surface area contributed by atoms with E-state index in [4.69, 9.17) is 9.47 Å². The van der Waals surface area contributed by atoms with E-state index in [9.17, 15) is 18.0 Å². The van der Waals surface area contributed by atoms with Gasteiger partial charge in [0.2, 0.25) is 0 Å². The summed E-state index contributed by atoms with van der Waals surface area (Å²) in [5.41, 5.74) is -0.801. The molecule has 4 nitrogen and oxygen atoms in total. The Kier molecular flexibility index (Phi) is 6.90. The molecule has 1 saturated carbocycles. The molecule has 24 heavy (non-hydrogen) atoms. The van der Waals surface area contributed by atoms with E-state index in [1.165, 1.54) is 25.0 Å². The van der Waals surface area contributed by atoms with Crippen molar-refractivity contribution < 1.29 is 27.4 Å². The maximum atomic E-state index is 12.6. The molecule has 0 bridgehead atoms. The molecule has 1 N–H and O–H groups in total. The number of carbonyl (C=O) groups excluding carboxylic acids is 1. The van der Waals surface area contributed by atoms with Gasteiger partial charge >= 0.3 is 6.18 Å². The minimum Gasteiger partial charge on any atom is -0.484 e. The van der Waals surface area contributed by atoms with Crippen molar-refractivity contribution in [2.24, 2.45) is 0 Å². The molecule has 1 aliphatic rings. The maximum Gasteiger partial charge on any atom is 0.416 e. The van der Waals surface area contributed by atoms with Gasteiger partial charge in [0.1, 0.15) is 5.75 Å². The van der Waals surface area contributed by atoms with Gasteiger partial charge in [-0.25, -0.2) is 0 Å². The molecule has 1 aliphatic carbocycles. The fourth-order valence-corrected chi connectivity index (χ4v) is 2.57. The first-order valence-corrected chi connectivity index (χ1v) is 8.13. The molecule has 1 aromatic carbocycles. The standard InChI is InChI=1S/C17H22F3NO3/c18-17(19,20)13-5-3-8-15(11-13)24-12-16(22)21-9-4-10-23-14-6-1-2-7-14/h3,5,8,11,14H,1-2,4,6-7,9-10,12H2,(H,21,22). The van der Waals surface area contributed by atoms with Crippen LogP contribution in [0, 0.1) is 0 Å². The topological polar surface area (TPSA) is 47.6 Å². The van der Waals surface area contributed by atoms with Crippen LogP contribution in [0.5, 0.6) is 5.75 Å². The summed E-state index contributed by atoms with van der Waals surface area (Å²) in [6, 6.07) is 4.47. The molecule has 0 radical (unpaired) electrons. The van der Waals surface area contributed by atoms with Crippen LogP contribution in [0.2, 0.25) is 0 Å². The van der Waals surface area contributed by atoms with Gasteiger partial charge in [0.15, 0.2) is 6.61 Å². The van der Waals surface area contributed by atoms with Crippen LogP contribution in [0.25, 0.3) is 0 Å². The van der Waals surface area contributed by atoms with E-state index >= 15 is 0 Å². The summed E-state index contributed by atoms with van der Waals surface area (Å²) in [5.74, 6) is -0.349. The first-order chi connectivity index (χ1) is 11.4. The highest BCUT2D eigenvalue weighted by molar-refractivity contribution is 5.77. The van der Waals surface area contributed by atoms with Gasteiger partial charge in [-0.05, 0) is 37.5 Å². The number of nitrogens with one attached hydrogen (secondary N) is 1. The van der Waals surface area contributed by atoms with Crippen LogP contribution in [0.15, 0.2) is 24.3 Å². The first kappa shape index (κ1) is 18.6. The van der Waals surface area contributed by atoms with Crippen molar-refractivity contribution in [1.82, 2.24) is 5.32 Å². The number of rotatable bonds is 8. The minimum atomic E-state index is -4.43. The van der Waals surface area contributed by atoms with Crippen LogP contribution in [0.4, 0.5) is 13.2 Å². The molecule has 1 aromatic rings. The fraction of sp³-hybridized carbons (Fsp3) is 0.588. The molecule has 0 atom stereocenters. The zero-order valence-corrected chi connectivity index (χ0v) is 13.4. The van der Waals surface area contributed by atoms with Crippen molar-refractivity contribution in [2.75, 3.05) is 19.8 Å². The van der Waals surface area contributed by atoms with Crippen LogP contribution in [0.3, 0.4) is 0 Å². The van der Waals surface area contributed by atoms with Gasteiger partial charge in [-0.1, -0.05) is 18.9 Å². The third-order valence-electron chi connectivity index (χ3n) is 3.83. The molecule has 0 aromatic heterocycles. The quantitative estimate of drug-likeness (QED) is 0.733. The molecule has 0 spiro atoms. The van der Waals surface area contributed by atoms with Crippen LogP contribution in [-0.4, -0.2) is 31.8 Å². The number of hydrogen-bond donors (Lipinski definition) is 1. The molecule has 0 heterocycles. The van der Waals surface area contributed by atoms with Gasteiger partial charge in [0.25, 0.3) is 5.91 Å². The molecule has 1 amide bonds. The number of amides is 1. The number of alkyl halides is 3. The predicted molar refractivity (Wildman–Crippen MR) is 82.8 cm³/mol. The van der Waals surface area contributed by atoms with Crippen molar-refractivity contribution in [2.45, 2.75) is 44.4 Å². The second kappa shape index (κ2) is 8.92. The highest BCUT2D eigenvalue weighted by Gasteiger charge is 2.30. The highest BCUT2D eigenvalue weighted by atomic mass is 19.4. The first-order valence-electron chi connectivity index (χ1n) is 8.13. The van der Waals surface area contributed by atoms with Crippen molar-refractivity contribution in [3.63, 3.8) is 0 Å². The number of carbonyl (C=O) groups is 1. The smallest absolute Gasteiger partial charge is 0.416 e. The normalized spacial score (nSPS) is 15.5. The zero-order valence-electron chi connectivity index (χ0n) is 13.4. The van der Waals surface area contributed by atoms with E-state index < -0.39 is 11.7 Å². The van der Waals surface area contributed by atoms with Crippen molar-refractivity contribution >= 4 is 5.91 Å². The number of hydrogen-bond acceptors (Lipinski definition) is 3. The lowest BCUT2D eigenvalue weighted by atomic mass is 10.2. The Balaban J connectivity index is 1.60. The van der Waals surface area contributed by atoms with Crippen LogP contribution < -0.4 is 10.1 Å². The van der Waals surface area contributed by atoms with Crippen LogP contribution in [0.1, 0.15) is 37.7 Å². The molecule has 0 aliphatic heterocycles. The molecule has 134 valence electrons. The Bertz CT molecular complexity index is 528. The number of benzene rings is 1. The largest absolute Gasteiger partial charge is 0.484 e. The molecule has 0 unspecified atom stereocenters. The van der Waals surface area contributed by atoms with Crippen LogP contribution >= 0.6 is 0 Å². The molecular weight excluding hydrogens is 323 g/mol. The van der Waals surface area contributed by atoms with Gasteiger partial charge < -0.3 is 14.8 Å². The minimum absolute atomic E-state index is 0.0181. The zero-order chi connectivity index (χ0) is 17.4. The molecule has 1 fully saturated rings. The average molecular weight is 345 g/mol. The Morgan fingerprint density at radius 1 is 1.25 bits per heavy atom. The van der Waals surface area contributed by atoms with E-state index in [-0.39, 0.29) is 18.3 Å². The summed E-state index contributed by atoms with van der Waals surface area (Å²) >= 11 is 0. The fourth-order valence-electron chi connectivity index (χ4n) is 2.57. The van der Waals surface area contributed by atoms with Gasteiger partial charge in [0.05, 0.1) is 11.7 Å². The van der Waals surface area contributed by atoms with Gasteiger partial charge in [-0.2, -0.15) is 13.2 Å². The van der Waals surface area contributed by atoms with Gasteiger partial charge in [-0.15, -0.1) is 0 Å². The molecule has 2 rings (SSSR count). The van der Waals surface area contributed by atoms with Crippen LogP contribution in [-0.2, 0) is 15.7 Å². The summed E-state index contributed by atoms with van der Waals surface area (Å²) in [6.45, 7) is 0.738. The Morgan fingerprint density at radius 3 is 2.71 bits per heavy atom. The summed E-state index contributed by atoms with van der Waals surface area (Å²) in [7, 11) is 0. The van der Waals surface area contributed by atoms with Gasteiger partial charge in [0, 0.05) is 13.2 Å². The third-order valence-corrected chi connectivity index (χ3v) is 3.83. The van der Waals surface area contributed by atoms with E-state index in [1.807, 2.05) is 0 Å². The third kappa shape index (κ3) is 6.39. The second-order valence-corrected chi connectivity index (χ2v) is 5.80. The van der Waals surface area contributed by atoms with Crippen molar-refractivity contribution in [1.29, 1.82) is 0 Å². The Hall–Kier alpha value is -1.76. The monoisotopic (exact) mass is 345 g/mol. The lowest BCUT2D eigenvalue weighted by Gasteiger charge is -2.12. The number of ether oxygens (including phenoxy) is 2. The summed E-state index contributed by atoms with van der Waals surface area (Å²) in [4.78, 5) is 11.6. The molecule has 7 heteroatoms. The number of halogens is 3. The predicted octanol–water partition coefficient (Wildman–Crippen LogP) is 3.55. The molecular formula is C17H22F3NO3. The lowest BCUT2D eigenvalue weighted by Crippen LogP contribution is -2.30. The average Bonchev–Trinajstić information content (AvgIpc) is 3.05. The SMILES string of the molecule is O=C(COc1cccc(C(F)(F)F)c1)NCCCOC1CCCC1. The second-order valence-electron chi connectivity index (χ2n) is 5.80. The molecule has 0 saturated heterocycles. The summed E-state index contributed by atoms with van der Waals surface area (Å²) < 4.78 is 48.5. The van der Waals surface area contributed by atoms with E-state index in [0.29, 0.717) is 25.7 Å². The summed E-state index contributed by atoms with van der Waals surface area (Å²) in [5, 5.41) is 2.66. The van der Waals surface area contributed by atoms with Gasteiger partial charge in [-0.3, -0.25) is 4.79 Å². The lowest BCUT2D eigenvalue weighted by molar-refractivity contribution is -0.137. The van der Waals surface area contributed by atoms with E-state index in [1.54, 1.807) is 0 Å².